The average Bonchev–Trinajstić information content (AvgIpc) is 2.51. The number of anilines is 1. The van der Waals surface area contributed by atoms with E-state index >= 15 is 0 Å². The minimum atomic E-state index is -0.537. The van der Waals surface area contributed by atoms with Crippen molar-refractivity contribution in [3.63, 3.8) is 0 Å². The van der Waals surface area contributed by atoms with Gasteiger partial charge in [-0.25, -0.2) is 14.8 Å². The Morgan fingerprint density at radius 1 is 1.08 bits per heavy atom. The molecule has 0 radical (unpaired) electrons. The number of rotatable bonds is 3. The third-order valence-corrected chi connectivity index (χ3v) is 5.59. The first-order chi connectivity index (χ1) is 11.8. The van der Waals surface area contributed by atoms with Gasteiger partial charge in [-0.2, -0.15) is 0 Å². The third kappa shape index (κ3) is 3.93. The molecule has 0 atom stereocenters. The molecule has 1 fully saturated rings. The molecule has 8 heteroatoms. The number of halogens is 2. The number of imide groups is 1. The smallest absolute Gasteiger partial charge is 0.275 e. The number of hydrazine groups is 1. The van der Waals surface area contributed by atoms with Crippen LogP contribution in [0.4, 0.5) is 10.5 Å². The molecule has 1 heterocycles. The van der Waals surface area contributed by atoms with Crippen LogP contribution >= 0.6 is 35.0 Å². The van der Waals surface area contributed by atoms with Crippen LogP contribution in [0.2, 0.25) is 10.0 Å². The van der Waals surface area contributed by atoms with E-state index in [0.29, 0.717) is 20.6 Å². The van der Waals surface area contributed by atoms with E-state index < -0.39 is 6.03 Å². The van der Waals surface area contributed by atoms with E-state index in [2.05, 4.69) is 5.32 Å². The van der Waals surface area contributed by atoms with Crippen LogP contribution in [0.5, 0.6) is 0 Å². The number of carbonyl (C=O) groups is 2. The largest absolute Gasteiger partial charge is 0.343 e. The normalized spacial score (nSPS) is 15.4. The van der Waals surface area contributed by atoms with Gasteiger partial charge in [-0.05, 0) is 31.2 Å². The van der Waals surface area contributed by atoms with Gasteiger partial charge in [-0.15, -0.1) is 0 Å². The van der Waals surface area contributed by atoms with Crippen molar-refractivity contribution in [1.29, 1.82) is 0 Å². The lowest BCUT2D eigenvalue weighted by molar-refractivity contribution is -0.121. The second-order valence-electron chi connectivity index (χ2n) is 5.63. The summed E-state index contributed by atoms with van der Waals surface area (Å²) in [6, 6.07) is 10.8. The number of likely N-dealkylation sites (N-methyl/N-ethyl adjacent to an activating group) is 1. The zero-order valence-electron chi connectivity index (χ0n) is 13.5. The predicted octanol–water partition coefficient (Wildman–Crippen LogP) is 4.36. The van der Waals surface area contributed by atoms with Crippen LogP contribution in [0.1, 0.15) is 5.56 Å². The summed E-state index contributed by atoms with van der Waals surface area (Å²) in [6.07, 6.45) is 0. The van der Waals surface area contributed by atoms with Gasteiger partial charge in [0.05, 0.1) is 22.3 Å². The second-order valence-corrected chi connectivity index (χ2v) is 7.53. The summed E-state index contributed by atoms with van der Waals surface area (Å²) in [7, 11) is 1.65. The molecule has 130 valence electrons. The fourth-order valence-corrected chi connectivity index (χ4v) is 3.98. The maximum Gasteiger partial charge on any atom is 0.343 e. The lowest BCUT2D eigenvalue weighted by atomic mass is 10.2. The van der Waals surface area contributed by atoms with Crippen molar-refractivity contribution < 1.29 is 9.59 Å². The molecular formula is C17H15Cl2N3O2S. The summed E-state index contributed by atoms with van der Waals surface area (Å²) in [6.45, 7) is 2.09. The Labute approximate surface area is 159 Å². The van der Waals surface area contributed by atoms with Crippen LogP contribution < -0.4 is 10.3 Å². The zero-order valence-corrected chi connectivity index (χ0v) is 15.9. The molecule has 1 aliphatic heterocycles. The Morgan fingerprint density at radius 2 is 1.68 bits per heavy atom. The van der Waals surface area contributed by atoms with E-state index in [1.165, 1.54) is 27.3 Å². The lowest BCUT2D eigenvalue weighted by Crippen LogP contribution is -2.59. The van der Waals surface area contributed by atoms with Crippen LogP contribution in [-0.4, -0.2) is 30.5 Å². The minimum absolute atomic E-state index is 0.0703. The average molecular weight is 396 g/mol. The second kappa shape index (κ2) is 7.25. The highest BCUT2D eigenvalue weighted by atomic mass is 35.5. The molecule has 1 aliphatic rings. The first-order valence-electron chi connectivity index (χ1n) is 7.43. The number of aryl methyl sites for hydroxylation is 1. The van der Waals surface area contributed by atoms with Crippen molar-refractivity contribution in [3.05, 3.63) is 52.0 Å². The fourth-order valence-electron chi connectivity index (χ4n) is 2.45. The number of hydrogen-bond acceptors (Lipinski definition) is 4. The first kappa shape index (κ1) is 18.1. The molecular weight excluding hydrogens is 381 g/mol. The molecule has 5 nitrogen and oxygen atoms in total. The lowest BCUT2D eigenvalue weighted by Gasteiger charge is -2.35. The Balaban J connectivity index is 1.91. The third-order valence-electron chi connectivity index (χ3n) is 3.62. The van der Waals surface area contributed by atoms with Gasteiger partial charge in [0.25, 0.3) is 0 Å². The Hall–Kier alpha value is -1.73. The van der Waals surface area contributed by atoms with Gasteiger partial charge >= 0.3 is 6.03 Å². The molecule has 3 rings (SSSR count). The zero-order chi connectivity index (χ0) is 18.1. The molecule has 3 amide bonds. The number of hydrogen-bond donors (Lipinski definition) is 1. The van der Waals surface area contributed by atoms with Crippen molar-refractivity contribution in [2.45, 2.75) is 16.7 Å². The van der Waals surface area contributed by atoms with Gasteiger partial charge in [0.15, 0.2) is 0 Å². The number of nitrogens with zero attached hydrogens (tertiary/aromatic N) is 2. The summed E-state index contributed by atoms with van der Waals surface area (Å²) >= 11 is 14.3. The number of carbonyl (C=O) groups excluding carboxylic acids is 2. The SMILES string of the molecule is Cc1ccc(Sc2c(Cl)cc(N3C(=O)NC(=O)CN3C)cc2Cl)cc1. The standard InChI is InChI=1S/C17H15Cl2N3O2S/c1-10-3-5-12(6-4-10)25-16-13(18)7-11(8-14(16)19)22-17(24)20-15(23)9-21(22)2/h3-8H,9H2,1-2H3,(H,20,23,24). The number of amides is 3. The van der Waals surface area contributed by atoms with Gasteiger partial charge in [0, 0.05) is 16.8 Å². The first-order valence-corrected chi connectivity index (χ1v) is 9.01. The molecule has 1 saturated heterocycles. The Morgan fingerprint density at radius 3 is 2.24 bits per heavy atom. The summed E-state index contributed by atoms with van der Waals surface area (Å²) in [5.74, 6) is -0.354. The van der Waals surface area contributed by atoms with Crippen LogP contribution in [0.25, 0.3) is 0 Å². The van der Waals surface area contributed by atoms with E-state index in [9.17, 15) is 9.59 Å². The van der Waals surface area contributed by atoms with Crippen molar-refractivity contribution in [1.82, 2.24) is 10.3 Å². The van der Waals surface area contributed by atoms with E-state index in [1.54, 1.807) is 19.2 Å². The van der Waals surface area contributed by atoms with E-state index in [0.717, 1.165) is 4.90 Å². The van der Waals surface area contributed by atoms with E-state index in [1.807, 2.05) is 31.2 Å². The molecule has 1 N–H and O–H groups in total. The summed E-state index contributed by atoms with van der Waals surface area (Å²) in [4.78, 5) is 25.3. The van der Waals surface area contributed by atoms with E-state index in [-0.39, 0.29) is 12.5 Å². The maximum absolute atomic E-state index is 12.1. The van der Waals surface area contributed by atoms with Gasteiger partial charge in [0.2, 0.25) is 5.91 Å². The molecule has 0 saturated carbocycles. The molecule has 25 heavy (non-hydrogen) atoms. The van der Waals surface area contributed by atoms with E-state index in [4.69, 9.17) is 23.2 Å². The molecule has 2 aromatic rings. The van der Waals surface area contributed by atoms with Crippen LogP contribution in [0, 0.1) is 6.92 Å². The Kier molecular flexibility index (Phi) is 5.24. The maximum atomic E-state index is 12.1. The van der Waals surface area contributed by atoms with Crippen LogP contribution in [0.3, 0.4) is 0 Å². The van der Waals surface area contributed by atoms with Crippen LogP contribution in [-0.2, 0) is 4.79 Å². The topological polar surface area (TPSA) is 52.7 Å². The van der Waals surface area contributed by atoms with Gasteiger partial charge in [-0.1, -0.05) is 52.7 Å². The summed E-state index contributed by atoms with van der Waals surface area (Å²) in [5, 5.41) is 5.99. The van der Waals surface area contributed by atoms with Crippen molar-refractivity contribution in [3.8, 4) is 0 Å². The highest BCUT2D eigenvalue weighted by Gasteiger charge is 2.30. The molecule has 2 aromatic carbocycles. The fraction of sp³-hybridized carbons (Fsp3) is 0.176. The summed E-state index contributed by atoms with van der Waals surface area (Å²) in [5.41, 5.74) is 1.67. The number of urea groups is 1. The monoisotopic (exact) mass is 395 g/mol. The molecule has 0 spiro atoms. The predicted molar refractivity (Wildman–Crippen MR) is 100 cm³/mol. The molecule has 0 bridgehead atoms. The number of nitrogens with one attached hydrogen (secondary N) is 1. The molecule has 0 aliphatic carbocycles. The van der Waals surface area contributed by atoms with Crippen molar-refractivity contribution in [2.24, 2.45) is 0 Å². The number of benzene rings is 2. The highest BCUT2D eigenvalue weighted by Crippen LogP contribution is 2.41. The highest BCUT2D eigenvalue weighted by molar-refractivity contribution is 7.99. The quantitative estimate of drug-likeness (QED) is 0.838. The van der Waals surface area contributed by atoms with Gasteiger partial charge in [-0.3, -0.25) is 10.1 Å². The van der Waals surface area contributed by atoms with Gasteiger partial charge < -0.3 is 0 Å². The van der Waals surface area contributed by atoms with Crippen molar-refractivity contribution in [2.75, 3.05) is 18.6 Å². The Bertz CT molecular complexity index is 819. The van der Waals surface area contributed by atoms with Crippen molar-refractivity contribution >= 4 is 52.6 Å². The van der Waals surface area contributed by atoms with Crippen LogP contribution in [0.15, 0.2) is 46.2 Å². The molecule has 0 unspecified atom stereocenters. The summed E-state index contributed by atoms with van der Waals surface area (Å²) < 4.78 is 0. The molecule has 0 aromatic heterocycles. The van der Waals surface area contributed by atoms with Gasteiger partial charge in [0.1, 0.15) is 0 Å². The minimum Gasteiger partial charge on any atom is -0.275 e.